The van der Waals surface area contributed by atoms with Gasteiger partial charge in [0.2, 0.25) is 5.91 Å². The molecule has 2 aromatic carbocycles. The second-order valence-electron chi connectivity index (χ2n) is 5.55. The number of nitrogens with zero attached hydrogens (tertiary/aromatic N) is 1. The molecular formula is C18H22N2O. The van der Waals surface area contributed by atoms with E-state index in [1.165, 1.54) is 11.1 Å². The molecule has 0 saturated carbocycles. The van der Waals surface area contributed by atoms with E-state index in [4.69, 9.17) is 5.73 Å². The fraction of sp³-hybridized carbons (Fsp3) is 0.278. The van der Waals surface area contributed by atoms with Crippen molar-refractivity contribution in [2.75, 3.05) is 0 Å². The Bertz CT molecular complexity index is 576. The molecule has 0 aliphatic heterocycles. The number of rotatable bonds is 6. The number of nitrogens with two attached hydrogens (primary N) is 1. The van der Waals surface area contributed by atoms with Gasteiger partial charge in [0.1, 0.15) is 0 Å². The van der Waals surface area contributed by atoms with Crippen LogP contribution in [-0.2, 0) is 13.1 Å². The monoisotopic (exact) mass is 282 g/mol. The van der Waals surface area contributed by atoms with E-state index in [0.29, 0.717) is 11.6 Å². The van der Waals surface area contributed by atoms with Crippen molar-refractivity contribution in [2.45, 2.75) is 33.0 Å². The molecule has 110 valence electrons. The summed E-state index contributed by atoms with van der Waals surface area (Å²) in [6.07, 6.45) is 0. The zero-order chi connectivity index (χ0) is 15.2. The van der Waals surface area contributed by atoms with E-state index in [2.05, 4.69) is 43.0 Å². The molecular weight excluding hydrogens is 260 g/mol. The topological polar surface area (TPSA) is 46.3 Å². The molecule has 0 spiro atoms. The van der Waals surface area contributed by atoms with Crippen molar-refractivity contribution in [1.29, 1.82) is 0 Å². The molecule has 21 heavy (non-hydrogen) atoms. The van der Waals surface area contributed by atoms with Gasteiger partial charge >= 0.3 is 0 Å². The summed E-state index contributed by atoms with van der Waals surface area (Å²) in [5.74, 6) is -0.383. The third-order valence-corrected chi connectivity index (χ3v) is 3.58. The predicted molar refractivity (Wildman–Crippen MR) is 85.8 cm³/mol. The van der Waals surface area contributed by atoms with Gasteiger partial charge in [-0.05, 0) is 37.1 Å². The van der Waals surface area contributed by atoms with Crippen LogP contribution >= 0.6 is 0 Å². The Morgan fingerprint density at radius 2 is 1.48 bits per heavy atom. The first-order chi connectivity index (χ1) is 10.1. The van der Waals surface area contributed by atoms with Gasteiger partial charge in [0.15, 0.2) is 0 Å². The summed E-state index contributed by atoms with van der Waals surface area (Å²) in [5, 5.41) is 0. The Morgan fingerprint density at radius 3 is 1.95 bits per heavy atom. The van der Waals surface area contributed by atoms with E-state index in [-0.39, 0.29) is 5.91 Å². The Balaban J connectivity index is 2.07. The van der Waals surface area contributed by atoms with Crippen LogP contribution in [-0.4, -0.2) is 16.8 Å². The number of carbonyl (C=O) groups is 1. The quantitative estimate of drug-likeness (QED) is 0.884. The number of benzene rings is 2. The van der Waals surface area contributed by atoms with Crippen LogP contribution in [0, 0.1) is 0 Å². The van der Waals surface area contributed by atoms with Crippen molar-refractivity contribution in [3.8, 4) is 0 Å². The summed E-state index contributed by atoms with van der Waals surface area (Å²) in [6.45, 7) is 6.16. The average molecular weight is 282 g/mol. The highest BCUT2D eigenvalue weighted by Gasteiger charge is 2.11. The molecule has 0 aliphatic carbocycles. The van der Waals surface area contributed by atoms with E-state index in [0.717, 1.165) is 13.1 Å². The third-order valence-electron chi connectivity index (χ3n) is 3.58. The summed E-state index contributed by atoms with van der Waals surface area (Å²) in [7, 11) is 0. The standard InChI is InChI=1S/C18H22N2O/c1-14(2)20(12-15-6-4-3-5-7-15)13-16-8-10-17(11-9-16)18(19)21/h3-11,14H,12-13H2,1-2H3,(H2,19,21). The number of amides is 1. The summed E-state index contributed by atoms with van der Waals surface area (Å²) < 4.78 is 0. The van der Waals surface area contributed by atoms with Gasteiger partial charge in [0, 0.05) is 24.7 Å². The maximum absolute atomic E-state index is 11.1. The van der Waals surface area contributed by atoms with E-state index in [1.807, 2.05) is 18.2 Å². The highest BCUT2D eigenvalue weighted by atomic mass is 16.1. The molecule has 0 radical (unpaired) electrons. The second kappa shape index (κ2) is 7.04. The van der Waals surface area contributed by atoms with Gasteiger partial charge in [-0.2, -0.15) is 0 Å². The van der Waals surface area contributed by atoms with E-state index >= 15 is 0 Å². The molecule has 3 heteroatoms. The SMILES string of the molecule is CC(C)N(Cc1ccccc1)Cc1ccc(C(N)=O)cc1. The van der Waals surface area contributed by atoms with E-state index < -0.39 is 0 Å². The molecule has 1 amide bonds. The lowest BCUT2D eigenvalue weighted by Gasteiger charge is -2.26. The maximum atomic E-state index is 11.1. The molecule has 3 nitrogen and oxygen atoms in total. The van der Waals surface area contributed by atoms with Crippen LogP contribution in [0.25, 0.3) is 0 Å². The highest BCUT2D eigenvalue weighted by molar-refractivity contribution is 5.92. The maximum Gasteiger partial charge on any atom is 0.248 e. The number of hydrogen-bond donors (Lipinski definition) is 1. The van der Waals surface area contributed by atoms with Crippen LogP contribution in [0.1, 0.15) is 35.3 Å². The molecule has 0 fully saturated rings. The number of primary amides is 1. The Hall–Kier alpha value is -2.13. The lowest BCUT2D eigenvalue weighted by molar-refractivity contribution is 0.1000. The van der Waals surface area contributed by atoms with Crippen molar-refractivity contribution in [3.63, 3.8) is 0 Å². The lowest BCUT2D eigenvalue weighted by atomic mass is 10.1. The Labute approximate surface area is 126 Å². The minimum Gasteiger partial charge on any atom is -0.366 e. The molecule has 0 saturated heterocycles. The zero-order valence-electron chi connectivity index (χ0n) is 12.6. The van der Waals surface area contributed by atoms with Gasteiger partial charge in [-0.1, -0.05) is 42.5 Å². The van der Waals surface area contributed by atoms with Gasteiger partial charge in [-0.25, -0.2) is 0 Å². The highest BCUT2D eigenvalue weighted by Crippen LogP contribution is 2.14. The van der Waals surface area contributed by atoms with Gasteiger partial charge in [0.25, 0.3) is 0 Å². The van der Waals surface area contributed by atoms with Crippen LogP contribution in [0.2, 0.25) is 0 Å². The van der Waals surface area contributed by atoms with Crippen LogP contribution < -0.4 is 5.73 Å². The molecule has 2 rings (SSSR count). The van der Waals surface area contributed by atoms with Crippen LogP contribution in [0.15, 0.2) is 54.6 Å². The minimum atomic E-state index is -0.383. The molecule has 2 aromatic rings. The van der Waals surface area contributed by atoms with Gasteiger partial charge in [-0.15, -0.1) is 0 Å². The van der Waals surface area contributed by atoms with Gasteiger partial charge in [0.05, 0.1) is 0 Å². The lowest BCUT2D eigenvalue weighted by Crippen LogP contribution is -2.29. The average Bonchev–Trinajstić information content (AvgIpc) is 2.48. The van der Waals surface area contributed by atoms with Crippen molar-refractivity contribution >= 4 is 5.91 Å². The molecule has 0 bridgehead atoms. The first-order valence-corrected chi connectivity index (χ1v) is 7.23. The third kappa shape index (κ3) is 4.43. The second-order valence-corrected chi connectivity index (χ2v) is 5.55. The summed E-state index contributed by atoms with van der Waals surface area (Å²) in [5.41, 5.74) is 8.31. The van der Waals surface area contributed by atoms with Crippen molar-refractivity contribution < 1.29 is 4.79 Å². The summed E-state index contributed by atoms with van der Waals surface area (Å²) >= 11 is 0. The normalized spacial score (nSPS) is 11.0. The molecule has 2 N–H and O–H groups in total. The van der Waals surface area contributed by atoms with Crippen LogP contribution in [0.5, 0.6) is 0 Å². The minimum absolute atomic E-state index is 0.383. The van der Waals surface area contributed by atoms with Gasteiger partial charge < -0.3 is 5.73 Å². The van der Waals surface area contributed by atoms with Crippen molar-refractivity contribution in [1.82, 2.24) is 4.90 Å². The Morgan fingerprint density at radius 1 is 0.952 bits per heavy atom. The van der Waals surface area contributed by atoms with Crippen LogP contribution in [0.4, 0.5) is 0 Å². The molecule has 0 unspecified atom stereocenters. The fourth-order valence-electron chi connectivity index (χ4n) is 2.25. The number of hydrogen-bond acceptors (Lipinski definition) is 2. The first kappa shape index (κ1) is 15.3. The number of carbonyl (C=O) groups excluding carboxylic acids is 1. The smallest absolute Gasteiger partial charge is 0.248 e. The molecule has 0 atom stereocenters. The van der Waals surface area contributed by atoms with E-state index in [1.54, 1.807) is 12.1 Å². The Kier molecular flexibility index (Phi) is 5.12. The largest absolute Gasteiger partial charge is 0.366 e. The molecule has 0 aliphatic rings. The van der Waals surface area contributed by atoms with Crippen molar-refractivity contribution in [3.05, 3.63) is 71.3 Å². The van der Waals surface area contributed by atoms with E-state index in [9.17, 15) is 4.79 Å². The zero-order valence-corrected chi connectivity index (χ0v) is 12.6. The first-order valence-electron chi connectivity index (χ1n) is 7.23. The predicted octanol–water partition coefficient (Wildman–Crippen LogP) is 3.20. The summed E-state index contributed by atoms with van der Waals surface area (Å²) in [4.78, 5) is 13.5. The van der Waals surface area contributed by atoms with Crippen LogP contribution in [0.3, 0.4) is 0 Å². The summed E-state index contributed by atoms with van der Waals surface area (Å²) in [6, 6.07) is 18.4. The molecule has 0 heterocycles. The van der Waals surface area contributed by atoms with Crippen molar-refractivity contribution in [2.24, 2.45) is 5.73 Å². The fourth-order valence-corrected chi connectivity index (χ4v) is 2.25. The van der Waals surface area contributed by atoms with Gasteiger partial charge in [-0.3, -0.25) is 9.69 Å². The molecule has 0 aromatic heterocycles.